The van der Waals surface area contributed by atoms with Crippen molar-refractivity contribution in [3.63, 3.8) is 0 Å². The van der Waals surface area contributed by atoms with Crippen LogP contribution in [0.2, 0.25) is 0 Å². The Hall–Kier alpha value is -2.35. The van der Waals surface area contributed by atoms with E-state index in [0.29, 0.717) is 37.0 Å². The second-order valence-electron chi connectivity index (χ2n) is 6.22. The minimum absolute atomic E-state index is 0.192. The van der Waals surface area contributed by atoms with Crippen molar-refractivity contribution in [1.82, 2.24) is 19.9 Å². The molecule has 0 atom stereocenters. The van der Waals surface area contributed by atoms with Crippen molar-refractivity contribution in [2.24, 2.45) is 5.92 Å². The Kier molecular flexibility index (Phi) is 5.08. The van der Waals surface area contributed by atoms with Gasteiger partial charge >= 0.3 is 0 Å². The summed E-state index contributed by atoms with van der Waals surface area (Å²) < 4.78 is 33.0. The molecule has 25 heavy (non-hydrogen) atoms. The van der Waals surface area contributed by atoms with Crippen LogP contribution in [0.25, 0.3) is 5.69 Å². The Morgan fingerprint density at radius 2 is 2.00 bits per heavy atom. The summed E-state index contributed by atoms with van der Waals surface area (Å²) in [5.41, 5.74) is 1.05. The number of benzene rings is 1. The summed E-state index contributed by atoms with van der Waals surface area (Å²) in [5.74, 6) is -1.63. The maximum absolute atomic E-state index is 13.4. The van der Waals surface area contributed by atoms with Crippen LogP contribution in [0, 0.1) is 24.5 Å². The quantitative estimate of drug-likeness (QED) is 0.849. The second-order valence-corrected chi connectivity index (χ2v) is 6.22. The highest BCUT2D eigenvalue weighted by atomic mass is 19.2. The number of ether oxygens (including phenoxy) is 1. The van der Waals surface area contributed by atoms with Crippen LogP contribution in [0.15, 0.2) is 18.2 Å². The molecule has 1 aliphatic heterocycles. The van der Waals surface area contributed by atoms with Gasteiger partial charge in [-0.15, -0.1) is 5.10 Å². The largest absolute Gasteiger partial charge is 0.384 e. The van der Waals surface area contributed by atoms with Gasteiger partial charge < -0.3 is 9.64 Å². The van der Waals surface area contributed by atoms with Gasteiger partial charge in [-0.2, -0.15) is 0 Å². The van der Waals surface area contributed by atoms with Gasteiger partial charge in [0.25, 0.3) is 5.91 Å². The van der Waals surface area contributed by atoms with Crippen LogP contribution >= 0.6 is 0 Å². The van der Waals surface area contributed by atoms with Crippen LogP contribution in [-0.4, -0.2) is 52.6 Å². The molecule has 0 spiro atoms. The number of hydrogen-bond acceptors (Lipinski definition) is 4. The molecular weight excluding hydrogens is 330 g/mol. The predicted octanol–water partition coefficient (Wildman–Crippen LogP) is 2.35. The van der Waals surface area contributed by atoms with Crippen molar-refractivity contribution in [3.05, 3.63) is 41.2 Å². The molecule has 1 fully saturated rings. The lowest BCUT2D eigenvalue weighted by Gasteiger charge is -2.31. The molecule has 2 heterocycles. The van der Waals surface area contributed by atoms with Crippen molar-refractivity contribution in [1.29, 1.82) is 0 Å². The van der Waals surface area contributed by atoms with E-state index in [1.54, 1.807) is 18.9 Å². The molecule has 0 unspecified atom stereocenters. The maximum atomic E-state index is 13.4. The zero-order chi connectivity index (χ0) is 18.0. The van der Waals surface area contributed by atoms with Crippen molar-refractivity contribution in [2.75, 3.05) is 26.8 Å². The summed E-state index contributed by atoms with van der Waals surface area (Å²) in [6, 6.07) is 3.44. The number of likely N-dealkylation sites (tertiary alicyclic amines) is 1. The van der Waals surface area contributed by atoms with Crippen LogP contribution in [0.3, 0.4) is 0 Å². The zero-order valence-electron chi connectivity index (χ0n) is 14.2. The predicted molar refractivity (Wildman–Crippen MR) is 86.5 cm³/mol. The first-order valence-electron chi connectivity index (χ1n) is 8.17. The highest BCUT2D eigenvalue weighted by Crippen LogP contribution is 2.21. The number of rotatable bonds is 4. The van der Waals surface area contributed by atoms with E-state index in [1.165, 1.54) is 10.7 Å². The first kappa shape index (κ1) is 17.5. The number of amides is 1. The fourth-order valence-corrected chi connectivity index (χ4v) is 3.08. The number of piperidine rings is 1. The topological polar surface area (TPSA) is 60.2 Å². The van der Waals surface area contributed by atoms with Crippen molar-refractivity contribution in [3.8, 4) is 5.69 Å². The summed E-state index contributed by atoms with van der Waals surface area (Å²) in [7, 11) is 1.68. The number of methoxy groups -OCH3 is 1. The molecule has 134 valence electrons. The fraction of sp³-hybridized carbons (Fsp3) is 0.471. The van der Waals surface area contributed by atoms with Gasteiger partial charge in [0.1, 0.15) is 0 Å². The van der Waals surface area contributed by atoms with Crippen molar-refractivity contribution < 1.29 is 18.3 Å². The molecule has 0 saturated carbocycles. The lowest BCUT2D eigenvalue weighted by molar-refractivity contribution is 0.0607. The third-order valence-electron chi connectivity index (χ3n) is 4.55. The minimum atomic E-state index is -0.972. The molecule has 2 aromatic rings. The van der Waals surface area contributed by atoms with E-state index in [9.17, 15) is 13.6 Å². The average molecular weight is 350 g/mol. The SMILES string of the molecule is COCC1CCN(C(=O)c2nnn(-c3ccc(F)c(F)c3)c2C)CC1. The van der Waals surface area contributed by atoms with Gasteiger partial charge in [-0.1, -0.05) is 5.21 Å². The van der Waals surface area contributed by atoms with Crippen LogP contribution in [0.1, 0.15) is 29.0 Å². The number of hydrogen-bond donors (Lipinski definition) is 0. The van der Waals surface area contributed by atoms with Gasteiger partial charge in [0, 0.05) is 32.9 Å². The molecule has 0 bridgehead atoms. The molecule has 0 radical (unpaired) electrons. The molecule has 1 aliphatic rings. The van der Waals surface area contributed by atoms with Crippen LogP contribution in [0.4, 0.5) is 8.78 Å². The first-order valence-corrected chi connectivity index (χ1v) is 8.17. The summed E-state index contributed by atoms with van der Waals surface area (Å²) in [5, 5.41) is 7.88. The Morgan fingerprint density at radius 3 is 2.64 bits per heavy atom. The van der Waals surface area contributed by atoms with Gasteiger partial charge in [0.2, 0.25) is 0 Å². The van der Waals surface area contributed by atoms with E-state index in [4.69, 9.17) is 4.74 Å². The summed E-state index contributed by atoms with van der Waals surface area (Å²) >= 11 is 0. The number of aromatic nitrogens is 3. The summed E-state index contributed by atoms with van der Waals surface area (Å²) in [6.07, 6.45) is 1.77. The zero-order valence-corrected chi connectivity index (χ0v) is 14.2. The summed E-state index contributed by atoms with van der Waals surface area (Å²) in [6.45, 7) is 3.67. The minimum Gasteiger partial charge on any atom is -0.384 e. The Labute approximate surface area is 144 Å². The molecular formula is C17H20F2N4O2. The second kappa shape index (κ2) is 7.26. The van der Waals surface area contributed by atoms with E-state index in [2.05, 4.69) is 10.3 Å². The van der Waals surface area contributed by atoms with Gasteiger partial charge in [0.15, 0.2) is 17.3 Å². The normalized spacial score (nSPS) is 15.6. The standard InChI is InChI=1S/C17H20F2N4O2/c1-11-16(17(24)22-7-5-12(6-8-22)10-25-2)20-21-23(11)13-3-4-14(18)15(19)9-13/h3-4,9,12H,5-8,10H2,1-2H3. The maximum Gasteiger partial charge on any atom is 0.276 e. The molecule has 0 N–H and O–H groups in total. The lowest BCUT2D eigenvalue weighted by Crippen LogP contribution is -2.39. The van der Waals surface area contributed by atoms with E-state index >= 15 is 0 Å². The Morgan fingerprint density at radius 1 is 1.28 bits per heavy atom. The molecule has 3 rings (SSSR count). The van der Waals surface area contributed by atoms with Crippen molar-refractivity contribution >= 4 is 5.91 Å². The molecule has 8 heteroatoms. The van der Waals surface area contributed by atoms with E-state index in [1.807, 2.05) is 0 Å². The van der Waals surface area contributed by atoms with Gasteiger partial charge in [-0.25, -0.2) is 13.5 Å². The molecule has 1 aromatic heterocycles. The van der Waals surface area contributed by atoms with Crippen LogP contribution < -0.4 is 0 Å². The highest BCUT2D eigenvalue weighted by Gasteiger charge is 2.27. The fourth-order valence-electron chi connectivity index (χ4n) is 3.08. The average Bonchev–Trinajstić information content (AvgIpc) is 2.99. The molecule has 1 amide bonds. The van der Waals surface area contributed by atoms with Crippen molar-refractivity contribution in [2.45, 2.75) is 19.8 Å². The van der Waals surface area contributed by atoms with E-state index < -0.39 is 11.6 Å². The van der Waals surface area contributed by atoms with E-state index in [0.717, 1.165) is 25.0 Å². The third-order valence-corrected chi connectivity index (χ3v) is 4.55. The third kappa shape index (κ3) is 3.53. The summed E-state index contributed by atoms with van der Waals surface area (Å²) in [4.78, 5) is 14.4. The highest BCUT2D eigenvalue weighted by molar-refractivity contribution is 5.93. The Balaban J connectivity index is 1.77. The molecule has 6 nitrogen and oxygen atoms in total. The smallest absolute Gasteiger partial charge is 0.276 e. The number of halogens is 2. The Bertz CT molecular complexity index is 770. The van der Waals surface area contributed by atoms with Gasteiger partial charge in [-0.3, -0.25) is 4.79 Å². The van der Waals surface area contributed by atoms with Crippen LogP contribution in [-0.2, 0) is 4.74 Å². The number of carbonyl (C=O) groups is 1. The van der Waals surface area contributed by atoms with Gasteiger partial charge in [-0.05, 0) is 37.8 Å². The molecule has 1 saturated heterocycles. The first-order chi connectivity index (χ1) is 12.0. The molecule has 1 aromatic carbocycles. The monoisotopic (exact) mass is 350 g/mol. The van der Waals surface area contributed by atoms with E-state index in [-0.39, 0.29) is 11.6 Å². The number of carbonyl (C=O) groups excluding carboxylic acids is 1. The lowest BCUT2D eigenvalue weighted by atomic mass is 9.97. The number of nitrogens with zero attached hydrogens (tertiary/aromatic N) is 4. The molecule has 0 aliphatic carbocycles. The van der Waals surface area contributed by atoms with Gasteiger partial charge in [0.05, 0.1) is 11.4 Å². The van der Waals surface area contributed by atoms with Crippen LogP contribution in [0.5, 0.6) is 0 Å².